The average molecular weight is 302 g/mol. The molecule has 0 saturated heterocycles. The summed E-state index contributed by atoms with van der Waals surface area (Å²) in [6, 6.07) is -0.496. The molecular weight excluding hydrogens is 272 g/mol. The van der Waals surface area contributed by atoms with E-state index in [4.69, 9.17) is 9.47 Å². The van der Waals surface area contributed by atoms with Crippen molar-refractivity contribution in [2.45, 2.75) is 85.1 Å². The third-order valence-corrected chi connectivity index (χ3v) is 2.49. The van der Waals surface area contributed by atoms with Crippen molar-refractivity contribution in [1.82, 2.24) is 10.6 Å². The van der Waals surface area contributed by atoms with Crippen molar-refractivity contribution < 1.29 is 19.1 Å². The number of hydrogen-bond donors (Lipinski definition) is 2. The Bertz CT molecular complexity index is 356. The lowest BCUT2D eigenvalue weighted by Gasteiger charge is -2.28. The van der Waals surface area contributed by atoms with Gasteiger partial charge >= 0.3 is 12.2 Å². The third-order valence-electron chi connectivity index (χ3n) is 2.49. The standard InChI is InChI=1S/C15H30N2O4/c1-9-11(17-13(19)21-15(6,7)8)10(2)16-12(18)20-14(3,4)5/h10-11H,9H2,1-8H3,(H,16,18)(H,17,19). The maximum Gasteiger partial charge on any atom is 0.407 e. The number of ether oxygens (including phenoxy) is 2. The molecule has 0 fully saturated rings. The molecule has 6 heteroatoms. The van der Waals surface area contributed by atoms with Crippen LogP contribution >= 0.6 is 0 Å². The lowest BCUT2D eigenvalue weighted by Crippen LogP contribution is -2.51. The first-order valence-corrected chi connectivity index (χ1v) is 7.33. The number of carbonyl (C=O) groups is 2. The Hall–Kier alpha value is -1.46. The van der Waals surface area contributed by atoms with E-state index in [9.17, 15) is 9.59 Å². The molecule has 0 aromatic rings. The highest BCUT2D eigenvalue weighted by Crippen LogP contribution is 2.09. The largest absolute Gasteiger partial charge is 0.444 e. The molecule has 0 heterocycles. The molecule has 0 aromatic heterocycles. The van der Waals surface area contributed by atoms with Crippen LogP contribution in [0.3, 0.4) is 0 Å². The number of rotatable bonds is 4. The molecule has 6 nitrogen and oxygen atoms in total. The van der Waals surface area contributed by atoms with Gasteiger partial charge in [0.05, 0.1) is 6.04 Å². The van der Waals surface area contributed by atoms with Crippen molar-refractivity contribution in [2.24, 2.45) is 0 Å². The predicted octanol–water partition coefficient (Wildman–Crippen LogP) is 3.20. The number of nitrogens with one attached hydrogen (secondary N) is 2. The van der Waals surface area contributed by atoms with Gasteiger partial charge in [-0.25, -0.2) is 9.59 Å². The number of carbonyl (C=O) groups excluding carboxylic acids is 2. The fourth-order valence-electron chi connectivity index (χ4n) is 1.63. The average Bonchev–Trinajstić information content (AvgIpc) is 2.19. The van der Waals surface area contributed by atoms with Crippen LogP contribution in [0.4, 0.5) is 9.59 Å². The van der Waals surface area contributed by atoms with Gasteiger partial charge in [-0.2, -0.15) is 0 Å². The Morgan fingerprint density at radius 1 is 0.905 bits per heavy atom. The summed E-state index contributed by atoms with van der Waals surface area (Å²) >= 11 is 0. The highest BCUT2D eigenvalue weighted by molar-refractivity contribution is 5.70. The summed E-state index contributed by atoms with van der Waals surface area (Å²) in [4.78, 5) is 23.5. The predicted molar refractivity (Wildman–Crippen MR) is 82.3 cm³/mol. The van der Waals surface area contributed by atoms with E-state index in [1.165, 1.54) is 0 Å². The third kappa shape index (κ3) is 9.98. The van der Waals surface area contributed by atoms with E-state index < -0.39 is 23.4 Å². The summed E-state index contributed by atoms with van der Waals surface area (Å²) in [5, 5.41) is 5.48. The first-order valence-electron chi connectivity index (χ1n) is 7.33. The van der Waals surface area contributed by atoms with Crippen LogP contribution in [0.2, 0.25) is 0 Å². The molecule has 0 aromatic carbocycles. The van der Waals surface area contributed by atoms with Gasteiger partial charge in [0.1, 0.15) is 11.2 Å². The van der Waals surface area contributed by atoms with Gasteiger partial charge in [-0.05, 0) is 54.9 Å². The minimum Gasteiger partial charge on any atom is -0.444 e. The van der Waals surface area contributed by atoms with Crippen LogP contribution in [0.25, 0.3) is 0 Å². The molecular formula is C15H30N2O4. The topological polar surface area (TPSA) is 76.7 Å². The van der Waals surface area contributed by atoms with E-state index >= 15 is 0 Å². The molecule has 0 radical (unpaired) electrons. The molecule has 0 aliphatic rings. The molecule has 0 aliphatic heterocycles. The Kier molecular flexibility index (Phi) is 7.00. The van der Waals surface area contributed by atoms with E-state index in [-0.39, 0.29) is 12.1 Å². The van der Waals surface area contributed by atoms with Gasteiger partial charge in [0.15, 0.2) is 0 Å². The quantitative estimate of drug-likeness (QED) is 0.836. The van der Waals surface area contributed by atoms with Crippen LogP contribution in [0.5, 0.6) is 0 Å². The van der Waals surface area contributed by atoms with Crippen LogP contribution in [0.1, 0.15) is 61.8 Å². The van der Waals surface area contributed by atoms with Gasteiger partial charge in [-0.1, -0.05) is 6.92 Å². The molecule has 0 spiro atoms. The second-order valence-electron chi connectivity index (χ2n) is 7.10. The summed E-state index contributed by atoms with van der Waals surface area (Å²) in [7, 11) is 0. The Balaban J connectivity index is 4.46. The minimum absolute atomic E-state index is 0.229. The van der Waals surface area contributed by atoms with Crippen molar-refractivity contribution in [3.63, 3.8) is 0 Å². The van der Waals surface area contributed by atoms with Crippen LogP contribution in [0.15, 0.2) is 0 Å². The summed E-state index contributed by atoms with van der Waals surface area (Å²) in [5.41, 5.74) is -1.10. The van der Waals surface area contributed by atoms with Crippen LogP contribution in [0, 0.1) is 0 Å². The van der Waals surface area contributed by atoms with Gasteiger partial charge in [0, 0.05) is 6.04 Å². The minimum atomic E-state index is -0.551. The molecule has 21 heavy (non-hydrogen) atoms. The van der Waals surface area contributed by atoms with E-state index in [1.807, 2.05) is 13.8 Å². The molecule has 0 aliphatic carbocycles. The molecule has 2 amide bonds. The molecule has 124 valence electrons. The van der Waals surface area contributed by atoms with E-state index in [1.54, 1.807) is 41.5 Å². The van der Waals surface area contributed by atoms with Crippen molar-refractivity contribution in [1.29, 1.82) is 0 Å². The monoisotopic (exact) mass is 302 g/mol. The smallest absolute Gasteiger partial charge is 0.407 e. The van der Waals surface area contributed by atoms with Crippen molar-refractivity contribution in [3.05, 3.63) is 0 Å². The van der Waals surface area contributed by atoms with E-state index in [0.717, 1.165) is 0 Å². The van der Waals surface area contributed by atoms with Gasteiger partial charge in [-0.15, -0.1) is 0 Å². The molecule has 0 saturated carbocycles. The zero-order valence-electron chi connectivity index (χ0n) is 14.5. The summed E-state index contributed by atoms with van der Waals surface area (Å²) < 4.78 is 10.4. The zero-order valence-corrected chi connectivity index (χ0v) is 14.5. The second kappa shape index (κ2) is 7.52. The molecule has 2 N–H and O–H groups in total. The Morgan fingerprint density at radius 2 is 1.29 bits per heavy atom. The number of amides is 2. The van der Waals surface area contributed by atoms with E-state index in [0.29, 0.717) is 6.42 Å². The Labute approximate surface area is 127 Å². The SMILES string of the molecule is CCC(NC(=O)OC(C)(C)C)C(C)NC(=O)OC(C)(C)C. The highest BCUT2D eigenvalue weighted by Gasteiger charge is 2.25. The lowest BCUT2D eigenvalue weighted by atomic mass is 10.1. The molecule has 0 bridgehead atoms. The normalized spacial score (nSPS) is 14.9. The second-order valence-corrected chi connectivity index (χ2v) is 7.10. The van der Waals surface area contributed by atoms with Crippen LogP contribution in [-0.2, 0) is 9.47 Å². The number of alkyl carbamates (subject to hydrolysis) is 2. The van der Waals surface area contributed by atoms with Gasteiger partial charge < -0.3 is 20.1 Å². The van der Waals surface area contributed by atoms with Gasteiger partial charge in [0.25, 0.3) is 0 Å². The molecule has 0 rings (SSSR count). The van der Waals surface area contributed by atoms with Crippen molar-refractivity contribution >= 4 is 12.2 Å². The zero-order chi connectivity index (χ0) is 16.8. The molecule has 2 atom stereocenters. The summed E-state index contributed by atoms with van der Waals surface area (Å²) in [6.07, 6.45) is -0.331. The van der Waals surface area contributed by atoms with Gasteiger partial charge in [0.2, 0.25) is 0 Å². The number of hydrogen-bond acceptors (Lipinski definition) is 4. The molecule has 2 unspecified atom stereocenters. The Morgan fingerprint density at radius 3 is 1.62 bits per heavy atom. The van der Waals surface area contributed by atoms with Crippen molar-refractivity contribution in [2.75, 3.05) is 0 Å². The maximum atomic E-state index is 11.8. The summed E-state index contributed by atoms with van der Waals surface area (Å²) in [5.74, 6) is 0. The first kappa shape index (κ1) is 19.5. The van der Waals surface area contributed by atoms with Crippen LogP contribution in [-0.4, -0.2) is 35.5 Å². The fraction of sp³-hybridized carbons (Fsp3) is 0.867. The first-order chi connectivity index (χ1) is 9.34. The van der Waals surface area contributed by atoms with E-state index in [2.05, 4.69) is 10.6 Å². The van der Waals surface area contributed by atoms with Gasteiger partial charge in [-0.3, -0.25) is 0 Å². The van der Waals surface area contributed by atoms with Crippen molar-refractivity contribution in [3.8, 4) is 0 Å². The maximum absolute atomic E-state index is 11.8. The lowest BCUT2D eigenvalue weighted by molar-refractivity contribution is 0.0433. The van der Waals surface area contributed by atoms with Crippen LogP contribution < -0.4 is 10.6 Å². The summed E-state index contributed by atoms with van der Waals surface area (Å²) in [6.45, 7) is 14.5. The fourth-order valence-corrected chi connectivity index (χ4v) is 1.63. The highest BCUT2D eigenvalue weighted by atomic mass is 16.6.